The predicted molar refractivity (Wildman–Crippen MR) is 145 cm³/mol. The van der Waals surface area contributed by atoms with Crippen LogP contribution < -0.4 is 0 Å². The van der Waals surface area contributed by atoms with Crippen molar-refractivity contribution in [3.05, 3.63) is 23.3 Å². The van der Waals surface area contributed by atoms with Gasteiger partial charge in [-0.25, -0.2) is 0 Å². The molecule has 0 spiro atoms. The third-order valence-electron chi connectivity index (χ3n) is 5.28. The Morgan fingerprint density at radius 2 is 1.10 bits per heavy atom. The van der Waals surface area contributed by atoms with Crippen molar-refractivity contribution in [3.8, 4) is 11.5 Å². The molecule has 0 bridgehead atoms. The van der Waals surface area contributed by atoms with Crippen LogP contribution in [-0.2, 0) is 0 Å². The van der Waals surface area contributed by atoms with E-state index >= 15 is 0 Å². The van der Waals surface area contributed by atoms with E-state index in [2.05, 4.69) is 25.3 Å². The maximum absolute atomic E-state index is 10.5. The minimum absolute atomic E-state index is 0.0343. The lowest BCUT2D eigenvalue weighted by Gasteiger charge is -2.19. The molecule has 0 saturated heterocycles. The van der Waals surface area contributed by atoms with Gasteiger partial charge in [0.15, 0.2) is 11.5 Å². The summed E-state index contributed by atoms with van der Waals surface area (Å²) in [5, 5.41) is 20.7. The van der Waals surface area contributed by atoms with Crippen molar-refractivity contribution >= 4 is 48.8 Å². The summed E-state index contributed by atoms with van der Waals surface area (Å²) in [6.07, 6.45) is 15.2. The van der Waals surface area contributed by atoms with Crippen molar-refractivity contribution in [2.75, 3.05) is 23.0 Å². The van der Waals surface area contributed by atoms with Crippen molar-refractivity contribution in [3.63, 3.8) is 0 Å². The molecule has 0 heterocycles. The molecule has 0 radical (unpaired) electrons. The molecule has 0 fully saturated rings. The summed E-state index contributed by atoms with van der Waals surface area (Å²) in [4.78, 5) is 0. The van der Waals surface area contributed by atoms with E-state index in [0.29, 0.717) is 0 Å². The van der Waals surface area contributed by atoms with E-state index in [9.17, 15) is 10.2 Å². The Labute approximate surface area is 204 Å². The molecular weight excluding hydrogens is 449 g/mol. The number of unbranched alkanes of at least 4 members (excludes halogenated alkanes) is 10. The number of benzene rings is 1. The lowest BCUT2D eigenvalue weighted by molar-refractivity contribution is 0.398. The maximum Gasteiger partial charge on any atom is 0.162 e. The van der Waals surface area contributed by atoms with E-state index in [1.54, 1.807) is 0 Å². The van der Waals surface area contributed by atoms with Gasteiger partial charge in [0.05, 0.1) is 4.58 Å². The molecule has 2 nitrogen and oxygen atoms in total. The third-order valence-corrected chi connectivity index (χ3v) is 8.89. The lowest BCUT2D eigenvalue weighted by Crippen LogP contribution is -1.96. The van der Waals surface area contributed by atoms with Gasteiger partial charge in [-0.3, -0.25) is 0 Å². The molecule has 2 N–H and O–H groups in total. The summed E-state index contributed by atoms with van der Waals surface area (Å²) in [6, 6.07) is 3.91. The standard InChI is InChI=1S/C24H42O2S4/c1-20-14-15-21(23(26)22(20)25)24(29-18-12-8-4-2-6-10-16-27)30-19-13-9-5-3-7-11-17-28/h14-15,24-28H,2-13,16-19H2,1H3. The highest BCUT2D eigenvalue weighted by molar-refractivity contribution is 8.16. The summed E-state index contributed by atoms with van der Waals surface area (Å²) in [5.74, 6) is 4.30. The number of hydrogen-bond donors (Lipinski definition) is 4. The fraction of sp³-hybridized carbons (Fsp3) is 0.750. The number of thiol groups is 2. The van der Waals surface area contributed by atoms with Gasteiger partial charge in [0, 0.05) is 5.56 Å². The molecule has 0 aliphatic rings. The van der Waals surface area contributed by atoms with E-state index in [1.165, 1.54) is 77.0 Å². The predicted octanol–water partition coefficient (Wildman–Crippen LogP) is 8.41. The molecule has 1 aromatic carbocycles. The molecular formula is C24H42O2S4. The highest BCUT2D eigenvalue weighted by atomic mass is 32.2. The van der Waals surface area contributed by atoms with Crippen LogP contribution in [0.25, 0.3) is 0 Å². The van der Waals surface area contributed by atoms with Gasteiger partial charge in [0.1, 0.15) is 0 Å². The number of rotatable bonds is 19. The zero-order valence-electron chi connectivity index (χ0n) is 18.7. The first-order chi connectivity index (χ1) is 14.6. The van der Waals surface area contributed by atoms with Crippen LogP contribution in [0.4, 0.5) is 0 Å². The number of aromatic hydroxyl groups is 2. The summed E-state index contributed by atoms with van der Waals surface area (Å²) in [6.45, 7) is 1.83. The van der Waals surface area contributed by atoms with Gasteiger partial charge < -0.3 is 10.2 Å². The number of aryl methyl sites for hydroxylation is 1. The Morgan fingerprint density at radius 1 is 0.667 bits per heavy atom. The van der Waals surface area contributed by atoms with Crippen LogP contribution in [0.5, 0.6) is 11.5 Å². The third kappa shape index (κ3) is 12.3. The molecule has 30 heavy (non-hydrogen) atoms. The summed E-state index contributed by atoms with van der Waals surface area (Å²) < 4.78 is 0.185. The van der Waals surface area contributed by atoms with Crippen LogP contribution in [0, 0.1) is 6.92 Å². The first-order valence-corrected chi connectivity index (χ1v) is 14.9. The monoisotopic (exact) mass is 490 g/mol. The number of hydrogen-bond acceptors (Lipinski definition) is 6. The molecule has 0 aromatic heterocycles. The molecule has 0 unspecified atom stereocenters. The van der Waals surface area contributed by atoms with Crippen LogP contribution in [0.1, 0.15) is 92.8 Å². The van der Waals surface area contributed by atoms with Crippen LogP contribution in [0.2, 0.25) is 0 Å². The minimum Gasteiger partial charge on any atom is -0.504 e. The van der Waals surface area contributed by atoms with Gasteiger partial charge in [-0.15, -0.1) is 23.5 Å². The Hall–Kier alpha value is 0.220. The molecule has 174 valence electrons. The summed E-state index contributed by atoms with van der Waals surface area (Å²) >= 11 is 12.4. The Kier molecular flexibility index (Phi) is 17.7. The fourth-order valence-electron chi connectivity index (χ4n) is 3.34. The second-order valence-electron chi connectivity index (χ2n) is 7.93. The average molecular weight is 491 g/mol. The van der Waals surface area contributed by atoms with E-state index in [4.69, 9.17) is 0 Å². The van der Waals surface area contributed by atoms with Gasteiger partial charge in [-0.1, -0.05) is 63.5 Å². The van der Waals surface area contributed by atoms with Gasteiger partial charge in [-0.2, -0.15) is 25.3 Å². The molecule has 0 atom stereocenters. The van der Waals surface area contributed by atoms with Crippen molar-refractivity contribution < 1.29 is 10.2 Å². The average Bonchev–Trinajstić information content (AvgIpc) is 2.74. The SMILES string of the molecule is Cc1ccc(C(SCCCCCCCCS)SCCCCCCCCS)c(O)c1O. The molecule has 1 aromatic rings. The molecule has 1 rings (SSSR count). The van der Waals surface area contributed by atoms with Crippen molar-refractivity contribution in [2.45, 2.75) is 88.6 Å². The van der Waals surface area contributed by atoms with E-state index in [-0.39, 0.29) is 16.1 Å². The number of thioether (sulfide) groups is 2. The highest BCUT2D eigenvalue weighted by Gasteiger charge is 2.19. The maximum atomic E-state index is 10.5. The van der Waals surface area contributed by atoms with Crippen molar-refractivity contribution in [1.82, 2.24) is 0 Å². The van der Waals surface area contributed by atoms with E-state index in [0.717, 1.165) is 34.1 Å². The Balaban J connectivity index is 2.43. The summed E-state index contributed by atoms with van der Waals surface area (Å²) in [7, 11) is 0. The van der Waals surface area contributed by atoms with E-state index in [1.807, 2.05) is 42.6 Å². The second-order valence-corrected chi connectivity index (χ2v) is 11.6. The van der Waals surface area contributed by atoms with Crippen LogP contribution in [-0.4, -0.2) is 33.2 Å². The highest BCUT2D eigenvalue weighted by Crippen LogP contribution is 2.47. The quantitative estimate of drug-likeness (QED) is 0.0680. The normalized spacial score (nSPS) is 11.5. The van der Waals surface area contributed by atoms with Gasteiger partial charge in [0.25, 0.3) is 0 Å². The van der Waals surface area contributed by atoms with Crippen molar-refractivity contribution in [1.29, 1.82) is 0 Å². The summed E-state index contributed by atoms with van der Waals surface area (Å²) in [5.41, 5.74) is 1.60. The second kappa shape index (κ2) is 18.8. The zero-order chi connectivity index (χ0) is 22.0. The minimum atomic E-state index is 0.0343. The van der Waals surface area contributed by atoms with Crippen LogP contribution in [0.3, 0.4) is 0 Å². The molecule has 6 heteroatoms. The Bertz CT molecular complexity index is 534. The molecule has 0 aliphatic heterocycles. The number of phenols is 2. The van der Waals surface area contributed by atoms with E-state index < -0.39 is 0 Å². The van der Waals surface area contributed by atoms with Crippen LogP contribution in [0.15, 0.2) is 12.1 Å². The molecule has 0 aliphatic carbocycles. The van der Waals surface area contributed by atoms with Crippen LogP contribution >= 0.6 is 48.8 Å². The topological polar surface area (TPSA) is 40.5 Å². The van der Waals surface area contributed by atoms with Crippen molar-refractivity contribution in [2.24, 2.45) is 0 Å². The Morgan fingerprint density at radius 3 is 1.57 bits per heavy atom. The largest absolute Gasteiger partial charge is 0.504 e. The fourth-order valence-corrected chi connectivity index (χ4v) is 6.66. The van der Waals surface area contributed by atoms with Gasteiger partial charge in [-0.05, 0) is 61.2 Å². The van der Waals surface area contributed by atoms with Gasteiger partial charge >= 0.3 is 0 Å². The first-order valence-electron chi connectivity index (χ1n) is 11.6. The lowest BCUT2D eigenvalue weighted by atomic mass is 10.1. The number of phenolic OH excluding ortho intramolecular Hbond substituents is 2. The zero-order valence-corrected chi connectivity index (χ0v) is 22.1. The smallest absolute Gasteiger partial charge is 0.162 e. The first kappa shape index (κ1) is 28.3. The van der Waals surface area contributed by atoms with Gasteiger partial charge in [0.2, 0.25) is 0 Å². The molecule has 0 amide bonds. The molecule has 0 saturated carbocycles.